The van der Waals surface area contributed by atoms with Gasteiger partial charge in [-0.2, -0.15) is 0 Å². The number of hydrogen-bond donors (Lipinski definition) is 0. The lowest BCUT2D eigenvalue weighted by Crippen LogP contribution is -2.15. The summed E-state index contributed by atoms with van der Waals surface area (Å²) in [5.41, 5.74) is 1.23. The van der Waals surface area contributed by atoms with Crippen LogP contribution in [0, 0.1) is 6.92 Å². The molecule has 1 aromatic carbocycles. The SMILES string of the molecule is CCC(c1ccccc1)S(=O)(=O)Cc1nc(-c2ccco2)oc1C. The molecule has 1 atom stereocenters. The lowest BCUT2D eigenvalue weighted by Gasteiger charge is -2.15. The van der Waals surface area contributed by atoms with Gasteiger partial charge in [0.2, 0.25) is 0 Å². The Balaban J connectivity index is 1.89. The Bertz CT molecular complexity index is 896. The van der Waals surface area contributed by atoms with Crippen molar-refractivity contribution >= 4 is 9.84 Å². The van der Waals surface area contributed by atoms with Gasteiger partial charge in [-0.3, -0.25) is 0 Å². The van der Waals surface area contributed by atoms with E-state index in [1.807, 2.05) is 37.3 Å². The first kappa shape index (κ1) is 16.5. The molecule has 1 unspecified atom stereocenters. The van der Waals surface area contributed by atoms with Crippen molar-refractivity contribution in [1.29, 1.82) is 0 Å². The highest BCUT2D eigenvalue weighted by Crippen LogP contribution is 2.30. The van der Waals surface area contributed by atoms with E-state index in [0.29, 0.717) is 29.5 Å². The van der Waals surface area contributed by atoms with Gasteiger partial charge in [-0.05, 0) is 31.0 Å². The van der Waals surface area contributed by atoms with Gasteiger partial charge in [0, 0.05) is 0 Å². The van der Waals surface area contributed by atoms with Gasteiger partial charge < -0.3 is 8.83 Å². The quantitative estimate of drug-likeness (QED) is 0.665. The Morgan fingerprint density at radius 1 is 1.12 bits per heavy atom. The topological polar surface area (TPSA) is 73.3 Å². The van der Waals surface area contributed by atoms with Crippen LogP contribution in [0.5, 0.6) is 0 Å². The van der Waals surface area contributed by atoms with Gasteiger partial charge in [-0.1, -0.05) is 37.3 Å². The minimum absolute atomic E-state index is 0.156. The molecule has 2 aromatic heterocycles. The summed E-state index contributed by atoms with van der Waals surface area (Å²) in [4.78, 5) is 4.31. The third-order valence-electron chi connectivity index (χ3n) is 3.94. The van der Waals surface area contributed by atoms with Gasteiger partial charge in [0.1, 0.15) is 5.76 Å². The smallest absolute Gasteiger partial charge is 0.263 e. The highest BCUT2D eigenvalue weighted by Gasteiger charge is 2.28. The molecule has 0 saturated carbocycles. The summed E-state index contributed by atoms with van der Waals surface area (Å²) in [6.07, 6.45) is 2.03. The molecule has 126 valence electrons. The van der Waals surface area contributed by atoms with E-state index in [9.17, 15) is 8.42 Å². The molecule has 3 rings (SSSR count). The van der Waals surface area contributed by atoms with E-state index in [4.69, 9.17) is 8.83 Å². The first-order valence-corrected chi connectivity index (χ1v) is 9.49. The largest absolute Gasteiger partial charge is 0.459 e. The Morgan fingerprint density at radius 2 is 1.88 bits per heavy atom. The van der Waals surface area contributed by atoms with Crippen molar-refractivity contribution in [2.75, 3.05) is 0 Å². The molecule has 6 heteroatoms. The maximum absolute atomic E-state index is 12.9. The van der Waals surface area contributed by atoms with E-state index < -0.39 is 15.1 Å². The number of furan rings is 1. The summed E-state index contributed by atoms with van der Waals surface area (Å²) in [6.45, 7) is 3.59. The van der Waals surface area contributed by atoms with Crippen LogP contribution in [-0.4, -0.2) is 13.4 Å². The van der Waals surface area contributed by atoms with Crippen molar-refractivity contribution in [3.05, 3.63) is 65.7 Å². The molecule has 24 heavy (non-hydrogen) atoms. The predicted octanol–water partition coefficient (Wildman–Crippen LogP) is 4.31. The second-order valence-corrected chi connectivity index (χ2v) is 7.80. The zero-order valence-corrected chi connectivity index (χ0v) is 14.4. The number of oxazole rings is 1. The summed E-state index contributed by atoms with van der Waals surface area (Å²) in [7, 11) is -3.41. The van der Waals surface area contributed by atoms with Crippen molar-refractivity contribution in [3.63, 3.8) is 0 Å². The van der Waals surface area contributed by atoms with E-state index in [2.05, 4.69) is 4.98 Å². The van der Waals surface area contributed by atoms with Crippen LogP contribution in [0.3, 0.4) is 0 Å². The van der Waals surface area contributed by atoms with Crippen molar-refractivity contribution < 1.29 is 17.3 Å². The molecular formula is C18H19NO4S. The maximum Gasteiger partial charge on any atom is 0.263 e. The Hall–Kier alpha value is -2.34. The lowest BCUT2D eigenvalue weighted by atomic mass is 10.1. The molecule has 0 saturated heterocycles. The van der Waals surface area contributed by atoms with Crippen LogP contribution in [0.4, 0.5) is 0 Å². The standard InChI is InChI=1S/C18H19NO4S/c1-3-17(14-8-5-4-6-9-14)24(20,21)12-15-13(2)23-18(19-15)16-10-7-11-22-16/h4-11,17H,3,12H2,1-2H3. The number of nitrogens with zero attached hydrogens (tertiary/aromatic N) is 1. The fraction of sp³-hybridized carbons (Fsp3) is 0.278. The lowest BCUT2D eigenvalue weighted by molar-refractivity contribution is 0.500. The highest BCUT2D eigenvalue weighted by molar-refractivity contribution is 7.90. The minimum atomic E-state index is -3.41. The van der Waals surface area contributed by atoms with Gasteiger partial charge in [-0.15, -0.1) is 0 Å². The second kappa shape index (κ2) is 6.65. The molecule has 0 amide bonds. The summed E-state index contributed by atoms with van der Waals surface area (Å²) >= 11 is 0. The van der Waals surface area contributed by atoms with Crippen LogP contribution >= 0.6 is 0 Å². The zero-order chi connectivity index (χ0) is 17.2. The number of aryl methyl sites for hydroxylation is 1. The van der Waals surface area contributed by atoms with Crippen LogP contribution in [0.1, 0.15) is 35.6 Å². The first-order valence-electron chi connectivity index (χ1n) is 7.78. The molecule has 0 aliphatic rings. The average Bonchev–Trinajstić information content (AvgIpc) is 3.19. The summed E-state index contributed by atoms with van der Waals surface area (Å²) in [5.74, 6) is 1.12. The molecule has 5 nitrogen and oxygen atoms in total. The predicted molar refractivity (Wildman–Crippen MR) is 91.0 cm³/mol. The van der Waals surface area contributed by atoms with E-state index in [1.165, 1.54) is 6.26 Å². The van der Waals surface area contributed by atoms with E-state index in [1.54, 1.807) is 19.1 Å². The van der Waals surface area contributed by atoms with Crippen LogP contribution in [0.15, 0.2) is 57.6 Å². The van der Waals surface area contributed by atoms with Crippen LogP contribution in [0.2, 0.25) is 0 Å². The number of aromatic nitrogens is 1. The Morgan fingerprint density at radius 3 is 2.50 bits per heavy atom. The van der Waals surface area contributed by atoms with Crippen molar-refractivity contribution in [1.82, 2.24) is 4.98 Å². The molecule has 0 spiro atoms. The third kappa shape index (κ3) is 3.28. The summed E-state index contributed by atoms with van der Waals surface area (Å²) < 4.78 is 36.6. The third-order valence-corrected chi connectivity index (χ3v) is 6.09. The monoisotopic (exact) mass is 345 g/mol. The van der Waals surface area contributed by atoms with Gasteiger partial charge >= 0.3 is 0 Å². The van der Waals surface area contributed by atoms with E-state index in [0.717, 1.165) is 5.56 Å². The van der Waals surface area contributed by atoms with E-state index >= 15 is 0 Å². The van der Waals surface area contributed by atoms with Crippen molar-refractivity contribution in [2.45, 2.75) is 31.3 Å². The highest BCUT2D eigenvalue weighted by atomic mass is 32.2. The Labute approximate surface area is 141 Å². The average molecular weight is 345 g/mol. The number of sulfone groups is 1. The molecule has 2 heterocycles. The van der Waals surface area contributed by atoms with E-state index in [-0.39, 0.29) is 5.75 Å². The van der Waals surface area contributed by atoms with Crippen LogP contribution in [-0.2, 0) is 15.6 Å². The fourth-order valence-corrected chi connectivity index (χ4v) is 4.65. The summed E-state index contributed by atoms with van der Waals surface area (Å²) in [6, 6.07) is 12.7. The van der Waals surface area contributed by atoms with Gasteiger partial charge in [-0.25, -0.2) is 13.4 Å². The maximum atomic E-state index is 12.9. The second-order valence-electron chi connectivity index (χ2n) is 5.61. The normalized spacial score (nSPS) is 13.1. The first-order chi connectivity index (χ1) is 11.5. The van der Waals surface area contributed by atoms with Crippen molar-refractivity contribution in [3.8, 4) is 11.7 Å². The molecule has 0 N–H and O–H groups in total. The minimum Gasteiger partial charge on any atom is -0.459 e. The number of rotatable bonds is 6. The summed E-state index contributed by atoms with van der Waals surface area (Å²) in [5, 5.41) is -0.554. The van der Waals surface area contributed by atoms with Crippen LogP contribution in [0.25, 0.3) is 11.7 Å². The van der Waals surface area contributed by atoms with Gasteiger partial charge in [0.05, 0.1) is 23.0 Å². The molecule has 0 aliphatic heterocycles. The molecule has 3 aromatic rings. The van der Waals surface area contributed by atoms with Crippen LogP contribution < -0.4 is 0 Å². The molecular weight excluding hydrogens is 326 g/mol. The number of benzene rings is 1. The molecule has 0 bridgehead atoms. The molecule has 0 radical (unpaired) electrons. The van der Waals surface area contributed by atoms with Crippen molar-refractivity contribution in [2.24, 2.45) is 0 Å². The Kier molecular flexibility index (Phi) is 4.57. The number of hydrogen-bond acceptors (Lipinski definition) is 5. The fourth-order valence-electron chi connectivity index (χ4n) is 2.72. The van der Waals surface area contributed by atoms with Gasteiger partial charge in [0.25, 0.3) is 5.89 Å². The van der Waals surface area contributed by atoms with Gasteiger partial charge in [0.15, 0.2) is 15.6 Å². The zero-order valence-electron chi connectivity index (χ0n) is 13.6. The molecule has 0 aliphatic carbocycles. The molecule has 0 fully saturated rings.